The van der Waals surface area contributed by atoms with Gasteiger partial charge in [-0.25, -0.2) is 19.9 Å². The first-order valence-electron chi connectivity index (χ1n) is 29.2. The van der Waals surface area contributed by atoms with Crippen LogP contribution in [-0.2, 0) is 66.0 Å². The normalized spacial score (nSPS) is 11.0. The second kappa shape index (κ2) is 30.1. The maximum Gasteiger partial charge on any atom is 0.292 e. The van der Waals surface area contributed by atoms with Crippen molar-refractivity contribution in [1.29, 1.82) is 0 Å². The number of nitrogens with one attached hydrogen (secondary N) is 10. The van der Waals surface area contributed by atoms with E-state index in [1.54, 1.807) is 94.9 Å². The molecule has 0 radical (unpaired) electrons. The molecule has 33 nitrogen and oxygen atoms in total. The number of terminal acetylenes is 1. The summed E-state index contributed by atoms with van der Waals surface area (Å²) in [5.74, 6) is -2.11. The summed E-state index contributed by atoms with van der Waals surface area (Å²) in [7, 11) is 14.9. The highest BCUT2D eigenvalue weighted by Gasteiger charge is 2.25. The first kappa shape index (κ1) is 67.1. The summed E-state index contributed by atoms with van der Waals surface area (Å²) in [4.78, 5) is 149. The predicted molar refractivity (Wildman–Crippen MR) is 343 cm³/mol. The molecule has 0 fully saturated rings. The maximum atomic E-state index is 13.5. The number of rotatable bonds is 29. The van der Waals surface area contributed by atoms with Crippen LogP contribution in [0.15, 0.2) is 80.0 Å². The van der Waals surface area contributed by atoms with Crippen LogP contribution in [0.4, 0.5) is 40.2 Å². The van der Waals surface area contributed by atoms with Crippen LogP contribution in [0.2, 0.25) is 0 Å². The molecule has 0 aromatic carbocycles. The summed E-state index contributed by atoms with van der Waals surface area (Å²) < 4.78 is 11.9. The molecule has 8 aromatic heterocycles. The number of nitrogens with zero attached hydrogens (tertiary/aromatic N) is 13. The highest BCUT2D eigenvalue weighted by atomic mass is 16.2. The minimum absolute atomic E-state index is 0.000178. The Morgan fingerprint density at radius 3 is 1.25 bits per heavy atom. The summed E-state index contributed by atoms with van der Waals surface area (Å²) in [5, 5.41) is 27.4. The van der Waals surface area contributed by atoms with E-state index < -0.39 is 47.3 Å². The van der Waals surface area contributed by atoms with Crippen molar-refractivity contribution in [2.75, 3.05) is 77.0 Å². The van der Waals surface area contributed by atoms with Gasteiger partial charge in [0.15, 0.2) is 23.3 Å². The molecule has 0 saturated heterocycles. The van der Waals surface area contributed by atoms with Gasteiger partial charge in [0.05, 0.1) is 22.7 Å². The average molecular weight is 1280 g/mol. The largest absolute Gasteiger partial charge is 0.356 e. The van der Waals surface area contributed by atoms with Crippen LogP contribution in [0.3, 0.4) is 0 Å². The van der Waals surface area contributed by atoms with E-state index in [4.69, 9.17) is 6.42 Å². The summed E-state index contributed by atoms with van der Waals surface area (Å²) in [6.45, 7) is 2.57. The van der Waals surface area contributed by atoms with E-state index in [0.29, 0.717) is 60.8 Å². The first-order chi connectivity index (χ1) is 44.3. The monoisotopic (exact) mass is 1280 g/mol. The molecule has 93 heavy (non-hydrogen) atoms. The van der Waals surface area contributed by atoms with E-state index in [1.807, 2.05) is 7.05 Å². The van der Waals surface area contributed by atoms with Gasteiger partial charge in [0, 0.05) is 151 Å². The predicted octanol–water partition coefficient (Wildman–Crippen LogP) is 2.61. The lowest BCUT2D eigenvalue weighted by atomic mass is 10.3. The smallest absolute Gasteiger partial charge is 0.292 e. The van der Waals surface area contributed by atoms with E-state index in [9.17, 15) is 47.9 Å². The molecule has 0 aliphatic carbocycles. The van der Waals surface area contributed by atoms with Gasteiger partial charge in [-0.2, -0.15) is 0 Å². The van der Waals surface area contributed by atoms with Crippen molar-refractivity contribution in [3.8, 4) is 12.3 Å². The van der Waals surface area contributed by atoms with Gasteiger partial charge in [-0.1, -0.05) is 0 Å². The highest BCUT2D eigenvalue weighted by Crippen LogP contribution is 2.22. The topological polar surface area (TPSA) is 385 Å². The lowest BCUT2D eigenvalue weighted by molar-refractivity contribution is -0.121. The van der Waals surface area contributed by atoms with E-state index >= 15 is 0 Å². The quantitative estimate of drug-likeness (QED) is 0.0238. The zero-order valence-corrected chi connectivity index (χ0v) is 52.8. The van der Waals surface area contributed by atoms with Gasteiger partial charge in [-0.15, -0.1) is 12.3 Å². The third kappa shape index (κ3) is 17.5. The van der Waals surface area contributed by atoms with Crippen molar-refractivity contribution < 1.29 is 47.9 Å². The van der Waals surface area contributed by atoms with Crippen LogP contribution in [-0.4, -0.2) is 160 Å². The number of imidazole rings is 4. The molecule has 8 rings (SSSR count). The minimum atomic E-state index is -0.694. The lowest BCUT2D eigenvalue weighted by Crippen LogP contribution is -2.31. The summed E-state index contributed by atoms with van der Waals surface area (Å²) in [6, 6.07) is 5.98. The molecule has 0 spiro atoms. The van der Waals surface area contributed by atoms with Gasteiger partial charge >= 0.3 is 0 Å². The Morgan fingerprint density at radius 2 is 0.785 bits per heavy atom. The van der Waals surface area contributed by atoms with E-state index in [2.05, 4.69) is 83.9 Å². The second-order valence-corrected chi connectivity index (χ2v) is 21.9. The molecule has 0 aliphatic rings. The number of carbonyl (C=O) groups excluding carboxylic acids is 10. The standard InChI is InChI=1S/C60H73N23O10/c1-11-12-16-47(84)61-19-14-22-75(2)23-15-20-63-53(86)40-26-38(31-77(40)4)68-59(92)51-71-46(35-82(51)9)74-60(93)52-70-45(34-83(52)10)73-55(88)42-25-36(29-78(42)5)65-48(85)17-13-18-64-57(90)50-69-44(33-81(50)8)72-56(89)43-27-37(30-80(43)7)66-54(87)41-28-39(32-79(41)6)67-58(91)49-62-21-24-76(49)3/h1,21,24-35H,12-20,22-23H2,2-10H3,(H,61,84)(H,63,86)(H,64,90)(H,65,85)(H,66,87)(H,67,91)(H,68,92)(H,72,89)(H,73,88)(H,74,93). The van der Waals surface area contributed by atoms with Crippen LogP contribution < -0.4 is 53.2 Å². The molecule has 0 aliphatic heterocycles. The number of carbonyl (C=O) groups is 10. The molecular weight excluding hydrogens is 1200 g/mol. The highest BCUT2D eigenvalue weighted by molar-refractivity contribution is 6.09. The number of aryl methyl sites for hydroxylation is 8. The van der Waals surface area contributed by atoms with Crippen LogP contribution in [0, 0.1) is 12.3 Å². The van der Waals surface area contributed by atoms with Gasteiger partial charge in [0.1, 0.15) is 22.8 Å². The van der Waals surface area contributed by atoms with Crippen molar-refractivity contribution >= 4 is 99.3 Å². The third-order valence-corrected chi connectivity index (χ3v) is 14.4. The fourth-order valence-corrected chi connectivity index (χ4v) is 9.69. The zero-order chi connectivity index (χ0) is 67.2. The lowest BCUT2D eigenvalue weighted by Gasteiger charge is -2.16. The van der Waals surface area contributed by atoms with Gasteiger partial charge in [-0.3, -0.25) is 47.9 Å². The second-order valence-electron chi connectivity index (χ2n) is 21.9. The minimum Gasteiger partial charge on any atom is -0.356 e. The Bertz CT molecular complexity index is 4190. The Labute approximate surface area is 533 Å². The zero-order valence-electron chi connectivity index (χ0n) is 52.8. The van der Waals surface area contributed by atoms with Gasteiger partial charge in [0.25, 0.3) is 47.3 Å². The number of aromatic nitrogens is 12. The third-order valence-electron chi connectivity index (χ3n) is 14.4. The molecule has 0 atom stereocenters. The van der Waals surface area contributed by atoms with E-state index in [1.165, 1.54) is 78.1 Å². The number of hydrogen-bond donors (Lipinski definition) is 10. The van der Waals surface area contributed by atoms with Crippen molar-refractivity contribution in [3.63, 3.8) is 0 Å². The summed E-state index contributed by atoms with van der Waals surface area (Å²) in [6.07, 6.45) is 21.3. The Balaban J connectivity index is 0.735. The van der Waals surface area contributed by atoms with Gasteiger partial charge in [0.2, 0.25) is 29.3 Å². The average Bonchev–Trinajstić information content (AvgIpc) is 1.71. The molecule has 10 N–H and O–H groups in total. The van der Waals surface area contributed by atoms with E-state index in [-0.39, 0.29) is 89.0 Å². The molecule has 8 aromatic rings. The molecular formula is C60H73N23O10. The Hall–Kier alpha value is -11.8. The van der Waals surface area contributed by atoms with Crippen LogP contribution in [0.5, 0.6) is 0 Å². The molecule has 0 bridgehead atoms. The molecule has 0 unspecified atom stereocenters. The Kier molecular flexibility index (Phi) is 21.7. The van der Waals surface area contributed by atoms with Crippen LogP contribution in [0.1, 0.15) is 123 Å². The fraction of sp³-hybridized carbons (Fsp3) is 0.333. The van der Waals surface area contributed by atoms with Crippen molar-refractivity contribution in [2.45, 2.75) is 38.5 Å². The number of anilines is 7. The van der Waals surface area contributed by atoms with Gasteiger partial charge < -0.3 is 94.6 Å². The van der Waals surface area contributed by atoms with Crippen molar-refractivity contribution in [2.24, 2.45) is 56.4 Å². The first-order valence-corrected chi connectivity index (χ1v) is 29.2. The number of hydrogen-bond acceptors (Lipinski definition) is 15. The van der Waals surface area contributed by atoms with E-state index in [0.717, 1.165) is 19.5 Å². The van der Waals surface area contributed by atoms with Crippen molar-refractivity contribution in [1.82, 2.24) is 77.3 Å². The SMILES string of the molecule is C#CCCC(=O)NCCCN(C)CCCNC(=O)c1cc(NC(=O)c2nc(NC(=O)c3nc(NC(=O)c4cc(NC(=O)CCCNC(=O)c5nc(NC(=O)c6cc(NC(=O)c7cc(NC(=O)c8nccn8C)cn7C)cn6C)cn5C)cn4C)cn3C)cn2C)cn1C. The number of amides is 10. The Morgan fingerprint density at radius 1 is 0.409 bits per heavy atom. The van der Waals surface area contributed by atoms with Crippen molar-refractivity contribution in [3.05, 3.63) is 126 Å². The summed E-state index contributed by atoms with van der Waals surface area (Å²) in [5.41, 5.74) is 2.23. The fourth-order valence-electron chi connectivity index (χ4n) is 9.69. The maximum absolute atomic E-state index is 13.5. The molecule has 33 heteroatoms. The summed E-state index contributed by atoms with van der Waals surface area (Å²) >= 11 is 0. The van der Waals surface area contributed by atoms with Crippen LogP contribution in [0.25, 0.3) is 0 Å². The van der Waals surface area contributed by atoms with Crippen LogP contribution >= 0.6 is 0 Å². The molecule has 8 heterocycles. The van der Waals surface area contributed by atoms with Gasteiger partial charge in [-0.05, 0) is 63.7 Å². The molecule has 10 amide bonds. The molecule has 0 saturated carbocycles. The molecule has 488 valence electrons.